The first-order valence-electron chi connectivity index (χ1n) is 8.51. The maximum Gasteiger partial charge on any atom is 0.251 e. The van der Waals surface area contributed by atoms with E-state index in [1.54, 1.807) is 12.1 Å². The molecule has 5 heteroatoms. The average molecular weight is 342 g/mol. The van der Waals surface area contributed by atoms with E-state index in [2.05, 4.69) is 17.6 Å². The Morgan fingerprint density at radius 3 is 2.28 bits per heavy atom. The number of benzene rings is 2. The number of hydrogen-bond donors (Lipinski definition) is 2. The first-order chi connectivity index (χ1) is 12.1. The number of aryl methyl sites for hydroxylation is 1. The summed E-state index contributed by atoms with van der Waals surface area (Å²) in [5.41, 5.74) is 2.21. The van der Waals surface area contributed by atoms with E-state index in [1.165, 1.54) is 42.7 Å². The smallest absolute Gasteiger partial charge is 0.251 e. The van der Waals surface area contributed by atoms with Gasteiger partial charge < -0.3 is 10.6 Å². The molecule has 25 heavy (non-hydrogen) atoms. The minimum atomic E-state index is -0.371. The second-order valence-corrected chi connectivity index (χ2v) is 5.89. The number of amides is 2. The molecule has 2 aromatic rings. The first kappa shape index (κ1) is 18.6. The van der Waals surface area contributed by atoms with Gasteiger partial charge in [0.05, 0.1) is 6.54 Å². The molecule has 0 aliphatic rings. The zero-order valence-electron chi connectivity index (χ0n) is 14.3. The SMILES string of the molecule is CCCCCc1ccc(C(=O)NCC(=O)Nc2ccc(F)cc2)cc1. The third-order valence-corrected chi connectivity index (χ3v) is 3.82. The lowest BCUT2D eigenvalue weighted by atomic mass is 10.1. The van der Waals surface area contributed by atoms with Crippen LogP contribution in [0.2, 0.25) is 0 Å². The van der Waals surface area contributed by atoms with E-state index in [0.717, 1.165) is 12.8 Å². The number of carbonyl (C=O) groups is 2. The van der Waals surface area contributed by atoms with Crippen molar-refractivity contribution in [2.45, 2.75) is 32.6 Å². The summed E-state index contributed by atoms with van der Waals surface area (Å²) in [6.07, 6.45) is 4.54. The molecule has 0 saturated carbocycles. The molecule has 0 aliphatic heterocycles. The van der Waals surface area contributed by atoms with Crippen LogP contribution in [0.15, 0.2) is 48.5 Å². The van der Waals surface area contributed by atoms with Gasteiger partial charge in [-0.05, 0) is 54.8 Å². The molecule has 2 rings (SSSR count). The number of rotatable bonds is 8. The third-order valence-electron chi connectivity index (χ3n) is 3.82. The van der Waals surface area contributed by atoms with Gasteiger partial charge in [-0.25, -0.2) is 4.39 Å². The van der Waals surface area contributed by atoms with Crippen molar-refractivity contribution in [1.82, 2.24) is 5.32 Å². The van der Waals surface area contributed by atoms with Crippen molar-refractivity contribution in [2.24, 2.45) is 0 Å². The van der Waals surface area contributed by atoms with Gasteiger partial charge in [0.2, 0.25) is 5.91 Å². The maximum atomic E-state index is 12.8. The van der Waals surface area contributed by atoms with Gasteiger partial charge in [-0.2, -0.15) is 0 Å². The third kappa shape index (κ3) is 6.37. The number of hydrogen-bond acceptors (Lipinski definition) is 2. The summed E-state index contributed by atoms with van der Waals surface area (Å²) in [7, 11) is 0. The van der Waals surface area contributed by atoms with Crippen molar-refractivity contribution in [3.8, 4) is 0 Å². The fraction of sp³-hybridized carbons (Fsp3) is 0.300. The molecule has 0 bridgehead atoms. The standard InChI is InChI=1S/C20H23FN2O2/c1-2-3-4-5-15-6-8-16(9-7-15)20(25)22-14-19(24)23-18-12-10-17(21)11-13-18/h6-13H,2-5,14H2,1H3,(H,22,25)(H,23,24). The minimum absolute atomic E-state index is 0.144. The largest absolute Gasteiger partial charge is 0.343 e. The molecule has 132 valence electrons. The molecule has 0 heterocycles. The molecule has 0 radical (unpaired) electrons. The summed E-state index contributed by atoms with van der Waals surface area (Å²) in [6.45, 7) is 2.02. The predicted molar refractivity (Wildman–Crippen MR) is 97.0 cm³/mol. The molecule has 0 atom stereocenters. The van der Waals surface area contributed by atoms with Gasteiger partial charge in [0.15, 0.2) is 0 Å². The van der Waals surface area contributed by atoms with Gasteiger partial charge in [-0.3, -0.25) is 9.59 Å². The Kier molecular flexibility index (Phi) is 7.14. The van der Waals surface area contributed by atoms with E-state index in [4.69, 9.17) is 0 Å². The van der Waals surface area contributed by atoms with Crippen molar-refractivity contribution >= 4 is 17.5 Å². The zero-order valence-corrected chi connectivity index (χ0v) is 14.3. The molecular formula is C20H23FN2O2. The van der Waals surface area contributed by atoms with Crippen LogP contribution in [-0.4, -0.2) is 18.4 Å². The average Bonchev–Trinajstić information content (AvgIpc) is 2.62. The second-order valence-electron chi connectivity index (χ2n) is 5.89. The van der Waals surface area contributed by atoms with Gasteiger partial charge in [0.1, 0.15) is 5.82 Å². The summed E-state index contributed by atoms with van der Waals surface area (Å²) >= 11 is 0. The number of carbonyl (C=O) groups excluding carboxylic acids is 2. The Balaban J connectivity index is 1.79. The second kappa shape index (κ2) is 9.57. The minimum Gasteiger partial charge on any atom is -0.343 e. The molecule has 0 saturated heterocycles. The van der Waals surface area contributed by atoms with Crippen LogP contribution in [0.25, 0.3) is 0 Å². The fourth-order valence-corrected chi connectivity index (χ4v) is 2.40. The van der Waals surface area contributed by atoms with Crippen LogP contribution in [0.3, 0.4) is 0 Å². The first-order valence-corrected chi connectivity index (χ1v) is 8.51. The van der Waals surface area contributed by atoms with Gasteiger partial charge in [-0.15, -0.1) is 0 Å². The van der Waals surface area contributed by atoms with E-state index in [-0.39, 0.29) is 24.2 Å². The van der Waals surface area contributed by atoms with Crippen LogP contribution in [0.5, 0.6) is 0 Å². The zero-order chi connectivity index (χ0) is 18.1. The number of anilines is 1. The topological polar surface area (TPSA) is 58.2 Å². The Morgan fingerprint density at radius 1 is 0.960 bits per heavy atom. The normalized spacial score (nSPS) is 10.3. The van der Waals surface area contributed by atoms with Crippen LogP contribution in [0.4, 0.5) is 10.1 Å². The molecular weight excluding hydrogens is 319 g/mol. The van der Waals surface area contributed by atoms with Crippen LogP contribution in [-0.2, 0) is 11.2 Å². The van der Waals surface area contributed by atoms with Gasteiger partial charge in [-0.1, -0.05) is 31.9 Å². The lowest BCUT2D eigenvalue weighted by molar-refractivity contribution is -0.115. The number of nitrogens with one attached hydrogen (secondary N) is 2. The van der Waals surface area contributed by atoms with Crippen LogP contribution in [0.1, 0.15) is 42.1 Å². The lowest BCUT2D eigenvalue weighted by Crippen LogP contribution is -2.32. The summed E-state index contributed by atoms with van der Waals surface area (Å²) in [6, 6.07) is 12.9. The molecule has 0 spiro atoms. The molecule has 0 aliphatic carbocycles. The molecule has 2 aromatic carbocycles. The highest BCUT2D eigenvalue weighted by Gasteiger charge is 2.08. The summed E-state index contributed by atoms with van der Waals surface area (Å²) in [5, 5.41) is 5.17. The molecule has 0 fully saturated rings. The van der Waals surface area contributed by atoms with Crippen molar-refractivity contribution in [3.05, 3.63) is 65.5 Å². The Labute approximate surface area is 147 Å². The van der Waals surface area contributed by atoms with Gasteiger partial charge in [0, 0.05) is 11.3 Å². The van der Waals surface area contributed by atoms with E-state index < -0.39 is 0 Å². The van der Waals surface area contributed by atoms with E-state index >= 15 is 0 Å². The van der Waals surface area contributed by atoms with E-state index in [0.29, 0.717) is 11.3 Å². The van der Waals surface area contributed by atoms with Crippen LogP contribution in [0, 0.1) is 5.82 Å². The van der Waals surface area contributed by atoms with Gasteiger partial charge in [0.25, 0.3) is 5.91 Å². The Hall–Kier alpha value is -2.69. The van der Waals surface area contributed by atoms with E-state index in [1.807, 2.05) is 12.1 Å². The monoisotopic (exact) mass is 342 g/mol. The summed E-state index contributed by atoms with van der Waals surface area (Å²) in [5.74, 6) is -1.03. The Bertz CT molecular complexity index is 697. The highest BCUT2D eigenvalue weighted by Crippen LogP contribution is 2.09. The molecule has 2 N–H and O–H groups in total. The molecule has 2 amide bonds. The number of halogens is 1. The predicted octanol–water partition coefficient (Wildman–Crippen LogP) is 3.93. The molecule has 4 nitrogen and oxygen atoms in total. The molecule has 0 aromatic heterocycles. The van der Waals surface area contributed by atoms with Crippen LogP contribution < -0.4 is 10.6 Å². The van der Waals surface area contributed by atoms with Crippen molar-refractivity contribution in [2.75, 3.05) is 11.9 Å². The quantitative estimate of drug-likeness (QED) is 0.714. The highest BCUT2D eigenvalue weighted by atomic mass is 19.1. The molecule has 0 unspecified atom stereocenters. The van der Waals surface area contributed by atoms with E-state index in [9.17, 15) is 14.0 Å². The highest BCUT2D eigenvalue weighted by molar-refractivity contribution is 5.99. The van der Waals surface area contributed by atoms with Crippen molar-refractivity contribution in [3.63, 3.8) is 0 Å². The van der Waals surface area contributed by atoms with Crippen molar-refractivity contribution < 1.29 is 14.0 Å². The maximum absolute atomic E-state index is 12.8. The van der Waals surface area contributed by atoms with Crippen LogP contribution >= 0.6 is 0 Å². The number of unbranched alkanes of at least 4 members (excludes halogenated alkanes) is 2. The Morgan fingerprint density at radius 2 is 1.64 bits per heavy atom. The van der Waals surface area contributed by atoms with Crippen molar-refractivity contribution in [1.29, 1.82) is 0 Å². The fourth-order valence-electron chi connectivity index (χ4n) is 2.40. The lowest BCUT2D eigenvalue weighted by Gasteiger charge is -2.08. The summed E-state index contributed by atoms with van der Waals surface area (Å²) in [4.78, 5) is 23.9. The van der Waals surface area contributed by atoms with Gasteiger partial charge >= 0.3 is 0 Å². The summed E-state index contributed by atoms with van der Waals surface area (Å²) < 4.78 is 12.8.